The van der Waals surface area contributed by atoms with E-state index >= 15 is 0 Å². The molecule has 0 aliphatic carbocycles. The van der Waals surface area contributed by atoms with E-state index in [9.17, 15) is 0 Å². The maximum atomic E-state index is 2.31. The van der Waals surface area contributed by atoms with Gasteiger partial charge in [0, 0.05) is 0 Å². The molecule has 3 aromatic carbocycles. The Morgan fingerprint density at radius 1 is 0.556 bits per heavy atom. The quantitative estimate of drug-likeness (QED) is 0.383. The first kappa shape index (κ1) is 19.4. The van der Waals surface area contributed by atoms with E-state index in [0.717, 1.165) is 12.8 Å². The van der Waals surface area contributed by atoms with Crippen LogP contribution in [0.5, 0.6) is 0 Å². The van der Waals surface area contributed by atoms with Gasteiger partial charge in [-0.25, -0.2) is 0 Å². The summed E-state index contributed by atoms with van der Waals surface area (Å²) in [6.07, 6.45) is 7.25. The summed E-state index contributed by atoms with van der Waals surface area (Å²) in [6, 6.07) is 24.7. The van der Waals surface area contributed by atoms with Crippen molar-refractivity contribution in [3.05, 3.63) is 83.4 Å². The van der Waals surface area contributed by atoms with E-state index in [1.54, 1.807) is 0 Å². The van der Waals surface area contributed by atoms with Gasteiger partial charge >= 0.3 is 0 Å². The van der Waals surface area contributed by atoms with Crippen molar-refractivity contribution >= 4 is 0 Å². The summed E-state index contributed by atoms with van der Waals surface area (Å²) in [5.74, 6) is 0. The molecule has 0 aliphatic rings. The Bertz CT molecular complexity index is 873. The molecule has 0 fully saturated rings. The molecule has 0 aliphatic heterocycles. The summed E-state index contributed by atoms with van der Waals surface area (Å²) in [4.78, 5) is 0. The molecule has 0 heterocycles. The molecule has 0 saturated carbocycles. The molecule has 27 heavy (non-hydrogen) atoms. The average Bonchev–Trinajstić information content (AvgIpc) is 2.71. The summed E-state index contributed by atoms with van der Waals surface area (Å²) in [6.45, 7) is 6.79. The van der Waals surface area contributed by atoms with E-state index in [-0.39, 0.29) is 0 Å². The van der Waals surface area contributed by atoms with Crippen molar-refractivity contribution in [2.75, 3.05) is 0 Å². The molecule has 0 aromatic heterocycles. The van der Waals surface area contributed by atoms with Crippen LogP contribution < -0.4 is 0 Å². The van der Waals surface area contributed by atoms with Crippen molar-refractivity contribution in [2.45, 2.75) is 59.3 Å². The number of hydrogen-bond donors (Lipinski definition) is 0. The second-order valence-electron chi connectivity index (χ2n) is 7.52. The fourth-order valence-electron chi connectivity index (χ4n) is 3.97. The van der Waals surface area contributed by atoms with E-state index in [4.69, 9.17) is 0 Å². The minimum absolute atomic E-state index is 1.15. The Balaban J connectivity index is 2.16. The third kappa shape index (κ3) is 4.50. The normalized spacial score (nSPS) is 10.9. The highest BCUT2D eigenvalue weighted by Crippen LogP contribution is 2.38. The standard InChI is InChI=1S/C27H32/c1-4-6-14-22-16-8-10-18-24(22)26-20-12-13-21(3)27(26)25-19-11-9-17-23(25)15-7-5-2/h8-13,16-20H,4-7,14-15H2,1-3H3. The van der Waals surface area contributed by atoms with Gasteiger partial charge in [-0.05, 0) is 71.6 Å². The summed E-state index contributed by atoms with van der Waals surface area (Å²) in [5.41, 5.74) is 9.90. The summed E-state index contributed by atoms with van der Waals surface area (Å²) >= 11 is 0. The first-order valence-corrected chi connectivity index (χ1v) is 10.5. The molecule has 0 amide bonds. The molecule has 3 aromatic rings. The van der Waals surface area contributed by atoms with Gasteiger partial charge in [-0.15, -0.1) is 0 Å². The number of unbranched alkanes of at least 4 members (excludes halogenated alkanes) is 2. The molecule has 0 unspecified atom stereocenters. The molecule has 0 radical (unpaired) electrons. The second-order valence-corrected chi connectivity index (χ2v) is 7.52. The van der Waals surface area contributed by atoms with Crippen LogP contribution >= 0.6 is 0 Å². The zero-order chi connectivity index (χ0) is 19.1. The van der Waals surface area contributed by atoms with Gasteiger partial charge in [0.15, 0.2) is 0 Å². The summed E-state index contributed by atoms with van der Waals surface area (Å²) in [5, 5.41) is 0. The van der Waals surface area contributed by atoms with Crippen molar-refractivity contribution in [1.29, 1.82) is 0 Å². The molecule has 0 spiro atoms. The SMILES string of the molecule is CCCCc1ccccc1-c1cccc(C)c1-c1ccccc1CCCC. The number of rotatable bonds is 8. The lowest BCUT2D eigenvalue weighted by Crippen LogP contribution is -1.97. The van der Waals surface area contributed by atoms with Crippen molar-refractivity contribution in [1.82, 2.24) is 0 Å². The third-order valence-corrected chi connectivity index (χ3v) is 5.47. The Labute approximate surface area is 165 Å². The zero-order valence-corrected chi connectivity index (χ0v) is 17.1. The third-order valence-electron chi connectivity index (χ3n) is 5.47. The van der Waals surface area contributed by atoms with E-state index < -0.39 is 0 Å². The van der Waals surface area contributed by atoms with E-state index in [1.165, 1.54) is 64.6 Å². The second kappa shape index (κ2) is 9.55. The maximum absolute atomic E-state index is 2.31. The Kier molecular flexibility index (Phi) is 6.87. The lowest BCUT2D eigenvalue weighted by atomic mass is 9.85. The topological polar surface area (TPSA) is 0 Å². The Morgan fingerprint density at radius 2 is 1.07 bits per heavy atom. The predicted octanol–water partition coefficient (Wildman–Crippen LogP) is 8.01. The Morgan fingerprint density at radius 3 is 1.70 bits per heavy atom. The van der Waals surface area contributed by atoms with Crippen molar-refractivity contribution in [3.63, 3.8) is 0 Å². The molecule has 3 rings (SSSR count). The molecule has 0 bridgehead atoms. The first-order chi connectivity index (χ1) is 13.3. The van der Waals surface area contributed by atoms with Crippen LogP contribution in [-0.4, -0.2) is 0 Å². The molecule has 0 nitrogen and oxygen atoms in total. The van der Waals surface area contributed by atoms with Crippen LogP contribution in [0.3, 0.4) is 0 Å². The monoisotopic (exact) mass is 356 g/mol. The molecular formula is C27H32. The van der Waals surface area contributed by atoms with Crippen LogP contribution in [0, 0.1) is 6.92 Å². The van der Waals surface area contributed by atoms with Crippen LogP contribution in [0.4, 0.5) is 0 Å². The van der Waals surface area contributed by atoms with Gasteiger partial charge < -0.3 is 0 Å². The highest BCUT2D eigenvalue weighted by atomic mass is 14.2. The molecular weight excluding hydrogens is 324 g/mol. The van der Waals surface area contributed by atoms with E-state index in [0.29, 0.717) is 0 Å². The van der Waals surface area contributed by atoms with Crippen molar-refractivity contribution in [2.24, 2.45) is 0 Å². The van der Waals surface area contributed by atoms with Crippen LogP contribution in [0.2, 0.25) is 0 Å². The fraction of sp³-hybridized carbons (Fsp3) is 0.333. The van der Waals surface area contributed by atoms with E-state index in [2.05, 4.69) is 87.5 Å². The van der Waals surface area contributed by atoms with Crippen molar-refractivity contribution < 1.29 is 0 Å². The van der Waals surface area contributed by atoms with Gasteiger partial charge in [-0.1, -0.05) is 93.4 Å². The predicted molar refractivity (Wildman–Crippen MR) is 119 cm³/mol. The maximum Gasteiger partial charge on any atom is -0.00733 e. The highest BCUT2D eigenvalue weighted by Gasteiger charge is 2.15. The smallest absolute Gasteiger partial charge is 0.00733 e. The van der Waals surface area contributed by atoms with Crippen LogP contribution in [0.25, 0.3) is 22.3 Å². The number of hydrogen-bond acceptors (Lipinski definition) is 0. The van der Waals surface area contributed by atoms with Crippen molar-refractivity contribution in [3.8, 4) is 22.3 Å². The van der Waals surface area contributed by atoms with Gasteiger partial charge in [-0.2, -0.15) is 0 Å². The zero-order valence-electron chi connectivity index (χ0n) is 17.1. The number of aryl methyl sites for hydroxylation is 3. The largest absolute Gasteiger partial charge is 0.0654 e. The molecule has 140 valence electrons. The van der Waals surface area contributed by atoms with Gasteiger partial charge in [0.2, 0.25) is 0 Å². The van der Waals surface area contributed by atoms with Crippen LogP contribution in [0.15, 0.2) is 66.7 Å². The Hall–Kier alpha value is -2.34. The fourth-order valence-corrected chi connectivity index (χ4v) is 3.97. The van der Waals surface area contributed by atoms with Gasteiger partial charge in [-0.3, -0.25) is 0 Å². The average molecular weight is 357 g/mol. The van der Waals surface area contributed by atoms with E-state index in [1.807, 2.05) is 0 Å². The van der Waals surface area contributed by atoms with Gasteiger partial charge in [0.25, 0.3) is 0 Å². The lowest BCUT2D eigenvalue weighted by molar-refractivity contribution is 0.795. The molecule has 0 atom stereocenters. The highest BCUT2D eigenvalue weighted by molar-refractivity contribution is 5.88. The minimum Gasteiger partial charge on any atom is -0.0654 e. The summed E-state index contributed by atoms with van der Waals surface area (Å²) < 4.78 is 0. The summed E-state index contributed by atoms with van der Waals surface area (Å²) in [7, 11) is 0. The minimum atomic E-state index is 1.15. The first-order valence-electron chi connectivity index (χ1n) is 10.5. The molecule has 0 saturated heterocycles. The van der Waals surface area contributed by atoms with Crippen LogP contribution in [0.1, 0.15) is 56.2 Å². The molecule has 0 heteroatoms. The molecule has 0 N–H and O–H groups in total. The number of benzene rings is 3. The lowest BCUT2D eigenvalue weighted by Gasteiger charge is -2.19. The van der Waals surface area contributed by atoms with Gasteiger partial charge in [0.1, 0.15) is 0 Å². The van der Waals surface area contributed by atoms with Gasteiger partial charge in [0.05, 0.1) is 0 Å². The van der Waals surface area contributed by atoms with Crippen LogP contribution in [-0.2, 0) is 12.8 Å².